The van der Waals surface area contributed by atoms with Crippen LogP contribution in [0.4, 0.5) is 0 Å². The predicted molar refractivity (Wildman–Crippen MR) is 172 cm³/mol. The molecule has 0 amide bonds. The summed E-state index contributed by atoms with van der Waals surface area (Å²) in [7, 11) is -6.95. The van der Waals surface area contributed by atoms with Crippen LogP contribution in [0, 0.1) is 13.8 Å². The van der Waals surface area contributed by atoms with E-state index in [1.54, 1.807) is 24.3 Å². The normalized spacial score (nSPS) is 13.5. The molecule has 4 aromatic carbocycles. The third-order valence-electron chi connectivity index (χ3n) is 6.80. The molecule has 216 valence electrons. The molecule has 2 unspecified atom stereocenters. The molecule has 0 aliphatic carbocycles. The monoisotopic (exact) mass is 626 g/mol. The highest BCUT2D eigenvalue weighted by Crippen LogP contribution is 2.30. The van der Waals surface area contributed by atoms with Crippen molar-refractivity contribution in [3.63, 3.8) is 0 Å². The zero-order valence-corrected chi connectivity index (χ0v) is 26.7. The number of hydrogen-bond donors (Lipinski definition) is 0. The van der Waals surface area contributed by atoms with Gasteiger partial charge < -0.3 is 4.74 Å². The van der Waals surface area contributed by atoms with Crippen molar-refractivity contribution in [2.75, 3.05) is 12.5 Å². The SMILES string of the molecule is CSC(Cc1ccc(Oc2ccc(CC(SC)S(=O)(=O)c3ccc(C)cc3)cc2)cc1)S(=O)(=O)c1ccc(C)cc1. The molecule has 0 heterocycles. The van der Waals surface area contributed by atoms with Gasteiger partial charge in [-0.3, -0.25) is 0 Å². The van der Waals surface area contributed by atoms with Gasteiger partial charge in [-0.25, -0.2) is 16.8 Å². The van der Waals surface area contributed by atoms with E-state index in [2.05, 4.69) is 0 Å². The molecule has 0 aliphatic rings. The van der Waals surface area contributed by atoms with Crippen molar-refractivity contribution in [3.05, 3.63) is 119 Å². The van der Waals surface area contributed by atoms with Gasteiger partial charge in [-0.2, -0.15) is 0 Å². The Morgan fingerprint density at radius 3 is 1.15 bits per heavy atom. The maximum Gasteiger partial charge on any atom is 0.190 e. The second kappa shape index (κ2) is 13.5. The molecule has 4 rings (SSSR count). The standard InChI is InChI=1S/C32H34O5S4/c1-23-5-17-29(18-6-23)40(33,34)31(38-3)21-25-9-13-27(14-10-25)37-28-15-11-26(12-16-28)22-32(39-4)41(35,36)30-19-7-24(2)8-20-30/h5-20,31-32H,21-22H2,1-4H3. The van der Waals surface area contributed by atoms with Crippen molar-refractivity contribution in [1.29, 1.82) is 0 Å². The van der Waals surface area contributed by atoms with E-state index in [1.807, 2.05) is 99.2 Å². The Bertz CT molecular complexity index is 1520. The van der Waals surface area contributed by atoms with Crippen molar-refractivity contribution in [2.24, 2.45) is 0 Å². The van der Waals surface area contributed by atoms with Crippen molar-refractivity contribution in [2.45, 2.75) is 45.6 Å². The minimum Gasteiger partial charge on any atom is -0.457 e. The predicted octanol–water partition coefficient (Wildman–Crippen LogP) is 7.51. The highest BCUT2D eigenvalue weighted by molar-refractivity contribution is 8.13. The Morgan fingerprint density at radius 1 is 0.537 bits per heavy atom. The fourth-order valence-corrected chi connectivity index (χ4v) is 10.2. The molecule has 9 heteroatoms. The van der Waals surface area contributed by atoms with E-state index in [-0.39, 0.29) is 0 Å². The van der Waals surface area contributed by atoms with Gasteiger partial charge in [0.1, 0.15) is 20.7 Å². The molecule has 0 fully saturated rings. The summed E-state index contributed by atoms with van der Waals surface area (Å²) in [6.07, 6.45) is 4.40. The molecule has 2 atom stereocenters. The maximum atomic E-state index is 13.2. The second-order valence-electron chi connectivity index (χ2n) is 9.84. The van der Waals surface area contributed by atoms with Crippen molar-refractivity contribution in [3.8, 4) is 11.5 Å². The zero-order valence-electron chi connectivity index (χ0n) is 23.5. The quantitative estimate of drug-likeness (QED) is 0.161. The Kier molecular flexibility index (Phi) is 10.3. The van der Waals surface area contributed by atoms with Crippen LogP contribution in [-0.4, -0.2) is 38.5 Å². The summed E-state index contributed by atoms with van der Waals surface area (Å²) >= 11 is 2.65. The van der Waals surface area contributed by atoms with Crippen LogP contribution in [0.3, 0.4) is 0 Å². The van der Waals surface area contributed by atoms with Crippen LogP contribution in [-0.2, 0) is 32.5 Å². The molecule has 0 spiro atoms. The number of rotatable bonds is 12. The van der Waals surface area contributed by atoms with Crippen LogP contribution >= 0.6 is 23.5 Å². The Labute approximate surface area is 252 Å². The van der Waals surface area contributed by atoms with Gasteiger partial charge in [-0.15, -0.1) is 23.5 Å². The van der Waals surface area contributed by atoms with Crippen LogP contribution in [0.15, 0.2) is 107 Å². The molecule has 0 N–H and O–H groups in total. The van der Waals surface area contributed by atoms with Gasteiger partial charge >= 0.3 is 0 Å². The number of ether oxygens (including phenoxy) is 1. The average molecular weight is 627 g/mol. The van der Waals surface area contributed by atoms with Crippen LogP contribution in [0.1, 0.15) is 22.3 Å². The smallest absolute Gasteiger partial charge is 0.190 e. The Morgan fingerprint density at radius 2 is 0.854 bits per heavy atom. The molecule has 0 radical (unpaired) electrons. The van der Waals surface area contributed by atoms with Gasteiger partial charge in [0.25, 0.3) is 0 Å². The Balaban J connectivity index is 1.39. The van der Waals surface area contributed by atoms with Crippen molar-refractivity contribution < 1.29 is 21.6 Å². The lowest BCUT2D eigenvalue weighted by atomic mass is 10.1. The summed E-state index contributed by atoms with van der Waals surface area (Å²) in [6, 6.07) is 28.8. The highest BCUT2D eigenvalue weighted by Gasteiger charge is 2.28. The summed E-state index contributed by atoms with van der Waals surface area (Å²) < 4.78 is 57.5. The molecule has 0 aromatic heterocycles. The summed E-state index contributed by atoms with van der Waals surface area (Å²) in [5.41, 5.74) is 3.84. The third kappa shape index (κ3) is 7.77. The van der Waals surface area contributed by atoms with Gasteiger partial charge in [0, 0.05) is 0 Å². The topological polar surface area (TPSA) is 77.5 Å². The lowest BCUT2D eigenvalue weighted by Crippen LogP contribution is -2.20. The summed E-state index contributed by atoms with van der Waals surface area (Å²) in [4.78, 5) is 0.671. The lowest BCUT2D eigenvalue weighted by molar-refractivity contribution is 0.482. The number of aryl methyl sites for hydroxylation is 2. The fourth-order valence-electron chi connectivity index (χ4n) is 4.31. The zero-order chi connectivity index (χ0) is 29.6. The number of sulfone groups is 2. The third-order valence-corrected chi connectivity index (χ3v) is 14.4. The van der Waals surface area contributed by atoms with E-state index >= 15 is 0 Å². The van der Waals surface area contributed by atoms with Gasteiger partial charge in [-0.05, 0) is 98.9 Å². The van der Waals surface area contributed by atoms with E-state index in [4.69, 9.17) is 4.74 Å². The molecule has 0 saturated heterocycles. The second-order valence-corrected chi connectivity index (χ2v) is 16.8. The van der Waals surface area contributed by atoms with E-state index in [0.29, 0.717) is 34.1 Å². The summed E-state index contributed by atoms with van der Waals surface area (Å²) in [6.45, 7) is 3.86. The number of benzene rings is 4. The first kappa shape index (κ1) is 31.2. The first-order valence-electron chi connectivity index (χ1n) is 13.1. The maximum absolute atomic E-state index is 13.2. The van der Waals surface area contributed by atoms with E-state index in [1.165, 1.54) is 23.5 Å². The molecule has 0 saturated carbocycles. The van der Waals surface area contributed by atoms with Crippen molar-refractivity contribution in [1.82, 2.24) is 0 Å². The molecule has 5 nitrogen and oxygen atoms in total. The molecule has 0 aliphatic heterocycles. The van der Waals surface area contributed by atoms with Crippen LogP contribution in [0.5, 0.6) is 11.5 Å². The van der Waals surface area contributed by atoms with Gasteiger partial charge in [-0.1, -0.05) is 59.7 Å². The van der Waals surface area contributed by atoms with Gasteiger partial charge in [0.15, 0.2) is 19.7 Å². The van der Waals surface area contributed by atoms with Crippen molar-refractivity contribution >= 4 is 43.2 Å². The van der Waals surface area contributed by atoms with E-state index in [9.17, 15) is 16.8 Å². The van der Waals surface area contributed by atoms with Crippen LogP contribution < -0.4 is 4.74 Å². The molecule has 0 bridgehead atoms. The van der Waals surface area contributed by atoms with Gasteiger partial charge in [0.05, 0.1) is 9.79 Å². The first-order chi connectivity index (χ1) is 19.5. The van der Waals surface area contributed by atoms with Gasteiger partial charge in [0.2, 0.25) is 0 Å². The lowest BCUT2D eigenvalue weighted by Gasteiger charge is -2.17. The minimum atomic E-state index is -3.47. The van der Waals surface area contributed by atoms with E-state index < -0.39 is 28.8 Å². The van der Waals surface area contributed by atoms with Crippen LogP contribution in [0.2, 0.25) is 0 Å². The summed E-state index contributed by atoms with van der Waals surface area (Å²) in [5, 5.41) is 0. The average Bonchev–Trinajstić information content (AvgIpc) is 2.96. The van der Waals surface area contributed by atoms with E-state index in [0.717, 1.165) is 22.3 Å². The molecular weight excluding hydrogens is 593 g/mol. The minimum absolute atomic E-state index is 0.336. The molecular formula is C32H34O5S4. The fraction of sp³-hybridized carbons (Fsp3) is 0.250. The van der Waals surface area contributed by atoms with Crippen LogP contribution in [0.25, 0.3) is 0 Å². The molecule has 41 heavy (non-hydrogen) atoms. The number of hydrogen-bond acceptors (Lipinski definition) is 7. The Hall–Kier alpha value is -2.72. The largest absolute Gasteiger partial charge is 0.457 e. The number of thioether (sulfide) groups is 2. The summed E-state index contributed by atoms with van der Waals surface area (Å²) in [5.74, 6) is 1.26. The molecule has 4 aromatic rings. The first-order valence-corrected chi connectivity index (χ1v) is 18.7. The highest BCUT2D eigenvalue weighted by atomic mass is 32.3.